The molecule has 1 aromatic heterocycles. The van der Waals surface area contributed by atoms with Gasteiger partial charge in [0.1, 0.15) is 5.52 Å². The topological polar surface area (TPSA) is 30.7 Å². The quantitative estimate of drug-likeness (QED) is 0.493. The number of nitrogens with zero attached hydrogens (tertiary/aromatic N) is 3. The summed E-state index contributed by atoms with van der Waals surface area (Å²) in [5.41, 5.74) is 3.26. The van der Waals surface area contributed by atoms with Gasteiger partial charge in [-0.2, -0.15) is 0 Å². The first kappa shape index (κ1) is 6.40. The van der Waals surface area contributed by atoms with Gasteiger partial charge in [0.2, 0.25) is 0 Å². The molecule has 0 spiro atoms. The van der Waals surface area contributed by atoms with Crippen LogP contribution in [-0.2, 0) is 0 Å². The van der Waals surface area contributed by atoms with E-state index in [1.54, 1.807) is 4.59 Å². The molecule has 0 N–H and O–H groups in total. The van der Waals surface area contributed by atoms with Crippen molar-refractivity contribution in [2.75, 3.05) is 0 Å². The normalized spacial score (nSPS) is 10.6. The lowest BCUT2D eigenvalue weighted by molar-refractivity contribution is 0.898. The first-order valence-electron chi connectivity index (χ1n) is 3.53. The Morgan fingerprint density at radius 2 is 2.27 bits per heavy atom. The van der Waals surface area contributed by atoms with Crippen molar-refractivity contribution in [3.8, 4) is 0 Å². The van der Waals surface area contributed by atoms with Crippen molar-refractivity contribution in [2.45, 2.75) is 6.92 Å². The zero-order chi connectivity index (χ0) is 7.84. The summed E-state index contributed by atoms with van der Waals surface area (Å²) < 4.78 is 1.77. The van der Waals surface area contributed by atoms with E-state index in [4.69, 9.17) is 0 Å². The highest BCUT2D eigenvalue weighted by Crippen LogP contribution is 2.10. The molecule has 0 unspecified atom stereocenters. The van der Waals surface area contributed by atoms with Crippen LogP contribution in [0.15, 0.2) is 18.2 Å². The van der Waals surface area contributed by atoms with E-state index in [2.05, 4.69) is 16.4 Å². The average Bonchev–Trinajstić information content (AvgIpc) is 2.32. The SMILES string of the molecule is Bn1nnc2cc(C)ccc21. The summed E-state index contributed by atoms with van der Waals surface area (Å²) in [5, 5.41) is 7.90. The lowest BCUT2D eigenvalue weighted by Gasteiger charge is -1.92. The van der Waals surface area contributed by atoms with Crippen molar-refractivity contribution in [1.82, 2.24) is 14.9 Å². The molecule has 2 aromatic rings. The standard InChI is InChI=1S/C7H8BN3/c1-5-2-3-7-6(4-5)9-10-11(7)8/h2-4H,8H2,1H3. The number of aromatic nitrogens is 3. The highest BCUT2D eigenvalue weighted by atomic mass is 15.4. The second-order valence-electron chi connectivity index (χ2n) is 2.71. The minimum absolute atomic E-state index is 0.965. The van der Waals surface area contributed by atoms with Crippen molar-refractivity contribution in [2.24, 2.45) is 0 Å². The number of rotatable bonds is 0. The lowest BCUT2D eigenvalue weighted by Crippen LogP contribution is -1.92. The van der Waals surface area contributed by atoms with E-state index in [9.17, 15) is 0 Å². The van der Waals surface area contributed by atoms with E-state index in [1.807, 2.05) is 27.0 Å². The van der Waals surface area contributed by atoms with Gasteiger partial charge in [0.25, 0.3) is 7.98 Å². The third-order valence-electron chi connectivity index (χ3n) is 1.77. The predicted octanol–water partition coefficient (Wildman–Crippen LogP) is 0.136. The summed E-state index contributed by atoms with van der Waals surface area (Å²) in [6.07, 6.45) is 0. The van der Waals surface area contributed by atoms with Gasteiger partial charge in [-0.1, -0.05) is 11.3 Å². The first-order valence-corrected chi connectivity index (χ1v) is 3.53. The molecule has 0 saturated carbocycles. The Morgan fingerprint density at radius 3 is 3.09 bits per heavy atom. The van der Waals surface area contributed by atoms with Gasteiger partial charge >= 0.3 is 0 Å². The van der Waals surface area contributed by atoms with E-state index < -0.39 is 0 Å². The monoisotopic (exact) mass is 145 g/mol. The number of aryl methyl sites for hydroxylation is 1. The van der Waals surface area contributed by atoms with Crippen LogP contribution in [0.3, 0.4) is 0 Å². The van der Waals surface area contributed by atoms with E-state index in [1.165, 1.54) is 5.56 Å². The molecule has 0 amide bonds. The maximum absolute atomic E-state index is 3.99. The number of benzene rings is 1. The van der Waals surface area contributed by atoms with E-state index in [0.717, 1.165) is 11.0 Å². The molecule has 0 atom stereocenters. The van der Waals surface area contributed by atoms with E-state index in [0.29, 0.717) is 0 Å². The van der Waals surface area contributed by atoms with Crippen LogP contribution < -0.4 is 0 Å². The maximum Gasteiger partial charge on any atom is 0.252 e. The van der Waals surface area contributed by atoms with Crippen LogP contribution in [0.4, 0.5) is 0 Å². The molecule has 0 aliphatic rings. The molecule has 11 heavy (non-hydrogen) atoms. The molecule has 2 rings (SSSR count). The number of fused-ring (bicyclic) bond motifs is 1. The van der Waals surface area contributed by atoms with E-state index >= 15 is 0 Å². The van der Waals surface area contributed by atoms with Crippen molar-refractivity contribution in [1.29, 1.82) is 0 Å². The van der Waals surface area contributed by atoms with Gasteiger partial charge in [-0.15, -0.1) is 5.10 Å². The largest absolute Gasteiger partial charge is 0.300 e. The summed E-state index contributed by atoms with van der Waals surface area (Å²) in [5.74, 6) is 0. The Balaban J connectivity index is 2.86. The van der Waals surface area contributed by atoms with Crippen molar-refractivity contribution >= 4 is 19.0 Å². The molecule has 0 saturated heterocycles. The summed E-state index contributed by atoms with van der Waals surface area (Å²) in [4.78, 5) is 0. The molecule has 0 fully saturated rings. The molecule has 0 radical (unpaired) electrons. The molecule has 1 heterocycles. The fourth-order valence-electron chi connectivity index (χ4n) is 1.15. The molecule has 0 bridgehead atoms. The van der Waals surface area contributed by atoms with Crippen LogP contribution >= 0.6 is 0 Å². The van der Waals surface area contributed by atoms with Crippen LogP contribution in [0.25, 0.3) is 11.0 Å². The second kappa shape index (κ2) is 2.08. The molecule has 0 aliphatic carbocycles. The van der Waals surface area contributed by atoms with Crippen LogP contribution in [0.1, 0.15) is 5.56 Å². The minimum atomic E-state index is 0.965. The Morgan fingerprint density at radius 1 is 1.45 bits per heavy atom. The van der Waals surface area contributed by atoms with Crippen LogP contribution in [-0.4, -0.2) is 22.9 Å². The Hall–Kier alpha value is -1.32. The van der Waals surface area contributed by atoms with E-state index in [-0.39, 0.29) is 0 Å². The number of hydrogen-bond donors (Lipinski definition) is 0. The molecular weight excluding hydrogens is 137 g/mol. The fourth-order valence-corrected chi connectivity index (χ4v) is 1.15. The van der Waals surface area contributed by atoms with Crippen LogP contribution in [0.5, 0.6) is 0 Å². The zero-order valence-electron chi connectivity index (χ0n) is 6.57. The molecule has 0 aliphatic heterocycles. The molecule has 1 aromatic carbocycles. The van der Waals surface area contributed by atoms with Gasteiger partial charge in [-0.3, -0.25) is 4.59 Å². The smallest absolute Gasteiger partial charge is 0.252 e. The van der Waals surface area contributed by atoms with Gasteiger partial charge in [0.15, 0.2) is 0 Å². The highest BCUT2D eigenvalue weighted by Gasteiger charge is 1.98. The summed E-state index contributed by atoms with van der Waals surface area (Å²) >= 11 is 0. The van der Waals surface area contributed by atoms with Gasteiger partial charge < -0.3 is 0 Å². The Bertz CT molecular complexity index is 393. The zero-order valence-corrected chi connectivity index (χ0v) is 6.57. The van der Waals surface area contributed by atoms with Gasteiger partial charge in [0.05, 0.1) is 5.52 Å². The van der Waals surface area contributed by atoms with Gasteiger partial charge in [0, 0.05) is 0 Å². The van der Waals surface area contributed by atoms with Crippen LogP contribution in [0.2, 0.25) is 0 Å². The van der Waals surface area contributed by atoms with Crippen molar-refractivity contribution in [3.63, 3.8) is 0 Å². The van der Waals surface area contributed by atoms with Gasteiger partial charge in [-0.25, -0.2) is 0 Å². The van der Waals surface area contributed by atoms with Crippen LogP contribution in [0, 0.1) is 6.92 Å². The first-order chi connectivity index (χ1) is 5.27. The fraction of sp³-hybridized carbons (Fsp3) is 0.143. The Kier molecular flexibility index (Phi) is 1.21. The molecule has 3 nitrogen and oxygen atoms in total. The van der Waals surface area contributed by atoms with Crippen molar-refractivity contribution < 1.29 is 0 Å². The predicted molar refractivity (Wildman–Crippen MR) is 46.2 cm³/mol. The third kappa shape index (κ3) is 0.907. The van der Waals surface area contributed by atoms with Crippen molar-refractivity contribution in [3.05, 3.63) is 23.8 Å². The third-order valence-corrected chi connectivity index (χ3v) is 1.77. The highest BCUT2D eigenvalue weighted by molar-refractivity contribution is 6.09. The molecular formula is C7H8BN3. The molecule has 54 valence electrons. The number of hydrogen-bond acceptors (Lipinski definition) is 2. The summed E-state index contributed by atoms with van der Waals surface area (Å²) in [6.45, 7) is 2.05. The summed E-state index contributed by atoms with van der Waals surface area (Å²) in [6, 6.07) is 6.12. The minimum Gasteiger partial charge on any atom is -0.300 e. The maximum atomic E-state index is 3.99. The lowest BCUT2D eigenvalue weighted by atomic mass is 10.2. The average molecular weight is 145 g/mol. The second-order valence-corrected chi connectivity index (χ2v) is 2.71. The Labute approximate surface area is 65.4 Å². The molecule has 4 heteroatoms. The summed E-state index contributed by atoms with van der Waals surface area (Å²) in [7, 11) is 1.89. The van der Waals surface area contributed by atoms with Gasteiger partial charge in [-0.05, 0) is 24.6 Å².